The van der Waals surface area contributed by atoms with Gasteiger partial charge in [0.25, 0.3) is 5.91 Å². The van der Waals surface area contributed by atoms with E-state index in [0.29, 0.717) is 30.0 Å². The van der Waals surface area contributed by atoms with Gasteiger partial charge in [-0.2, -0.15) is 0 Å². The van der Waals surface area contributed by atoms with Crippen LogP contribution in [0.25, 0.3) is 0 Å². The molecule has 0 bridgehead atoms. The lowest BCUT2D eigenvalue weighted by Crippen LogP contribution is -2.42. The molecular weight excluding hydrogens is 326 g/mol. The van der Waals surface area contributed by atoms with Gasteiger partial charge in [-0.05, 0) is 31.5 Å². The fraction of sp³-hybridized carbons (Fsp3) is 0.273. The maximum atomic E-state index is 13.1. The first-order valence-corrected chi connectivity index (χ1v) is 8.86. The summed E-state index contributed by atoms with van der Waals surface area (Å²) in [5, 5.41) is 0. The minimum Gasteiger partial charge on any atom is -0.474 e. The van der Waals surface area contributed by atoms with Crippen molar-refractivity contribution in [3.8, 4) is 5.75 Å². The maximum absolute atomic E-state index is 13.1. The second-order valence-corrected chi connectivity index (χ2v) is 6.65. The van der Waals surface area contributed by atoms with E-state index in [1.807, 2.05) is 44.2 Å². The number of hydrogen-bond donors (Lipinski definition) is 0. The molecule has 1 aliphatic rings. The van der Waals surface area contributed by atoms with Crippen LogP contribution in [0.5, 0.6) is 5.75 Å². The number of ether oxygens (including phenoxy) is 1. The second-order valence-electron chi connectivity index (χ2n) is 6.65. The number of Topliss-reactive ketones (excluding diaryl/α,β-unsaturated/α-hetero) is 1. The fourth-order valence-electron chi connectivity index (χ4n) is 3.08. The summed E-state index contributed by atoms with van der Waals surface area (Å²) < 4.78 is 6.00. The molecule has 4 heteroatoms. The van der Waals surface area contributed by atoms with Crippen LogP contribution in [0.15, 0.2) is 60.7 Å². The maximum Gasteiger partial charge on any atom is 0.273 e. The SMILES string of the molecule is C=C(C)CN1C(=O)C(c2ccccc2)Oc2ccc(C(=O)CCC)cc21. The number of hydrogen-bond acceptors (Lipinski definition) is 3. The second kappa shape index (κ2) is 7.56. The molecule has 2 aromatic carbocycles. The summed E-state index contributed by atoms with van der Waals surface area (Å²) in [6, 6.07) is 14.8. The van der Waals surface area contributed by atoms with Crippen LogP contribution in [0, 0.1) is 0 Å². The molecule has 0 aromatic heterocycles. The zero-order valence-corrected chi connectivity index (χ0v) is 15.2. The minimum atomic E-state index is -0.694. The van der Waals surface area contributed by atoms with Crippen molar-refractivity contribution in [2.75, 3.05) is 11.4 Å². The first kappa shape index (κ1) is 17.9. The molecule has 0 aliphatic carbocycles. The molecule has 2 aromatic rings. The highest BCUT2D eigenvalue weighted by molar-refractivity contribution is 6.03. The lowest BCUT2D eigenvalue weighted by molar-refractivity contribution is -0.126. The molecule has 1 heterocycles. The van der Waals surface area contributed by atoms with Crippen LogP contribution in [-0.2, 0) is 4.79 Å². The Bertz CT molecular complexity index is 842. The number of carbonyl (C=O) groups is 2. The Morgan fingerprint density at radius 2 is 1.92 bits per heavy atom. The molecule has 0 saturated carbocycles. The monoisotopic (exact) mass is 349 g/mol. The predicted molar refractivity (Wildman–Crippen MR) is 103 cm³/mol. The highest BCUT2D eigenvalue weighted by Gasteiger charge is 2.35. The topological polar surface area (TPSA) is 46.6 Å². The van der Waals surface area contributed by atoms with Crippen molar-refractivity contribution >= 4 is 17.4 Å². The summed E-state index contributed by atoms with van der Waals surface area (Å²) in [5.41, 5.74) is 2.91. The van der Waals surface area contributed by atoms with Gasteiger partial charge < -0.3 is 9.64 Å². The van der Waals surface area contributed by atoms with E-state index in [2.05, 4.69) is 6.58 Å². The molecule has 4 nitrogen and oxygen atoms in total. The summed E-state index contributed by atoms with van der Waals surface area (Å²) in [6.07, 6.45) is 0.581. The van der Waals surface area contributed by atoms with Gasteiger partial charge in [-0.1, -0.05) is 49.4 Å². The van der Waals surface area contributed by atoms with E-state index in [1.165, 1.54) is 0 Å². The van der Waals surface area contributed by atoms with Crippen LogP contribution >= 0.6 is 0 Å². The highest BCUT2D eigenvalue weighted by Crippen LogP contribution is 2.40. The van der Waals surface area contributed by atoms with E-state index >= 15 is 0 Å². The summed E-state index contributed by atoms with van der Waals surface area (Å²) in [4.78, 5) is 27.0. The molecule has 1 amide bonds. The van der Waals surface area contributed by atoms with Gasteiger partial charge in [-0.3, -0.25) is 9.59 Å². The Morgan fingerprint density at radius 1 is 1.19 bits per heavy atom. The molecule has 1 aliphatic heterocycles. The predicted octanol–water partition coefficient (Wildman–Crippen LogP) is 4.71. The van der Waals surface area contributed by atoms with Crippen LogP contribution in [0.1, 0.15) is 48.7 Å². The number of rotatable bonds is 6. The minimum absolute atomic E-state index is 0.0724. The van der Waals surface area contributed by atoms with Crippen molar-refractivity contribution in [3.63, 3.8) is 0 Å². The lowest BCUT2D eigenvalue weighted by Gasteiger charge is -2.35. The third-order valence-electron chi connectivity index (χ3n) is 4.31. The molecule has 134 valence electrons. The van der Waals surface area contributed by atoms with E-state index in [4.69, 9.17) is 4.74 Å². The Labute approximate surface area is 154 Å². The third-order valence-corrected chi connectivity index (χ3v) is 4.31. The molecule has 1 unspecified atom stereocenters. The first-order chi connectivity index (χ1) is 12.5. The van der Waals surface area contributed by atoms with Crippen LogP contribution in [0.4, 0.5) is 5.69 Å². The van der Waals surface area contributed by atoms with Gasteiger partial charge >= 0.3 is 0 Å². The molecular formula is C22H23NO3. The van der Waals surface area contributed by atoms with Crippen molar-refractivity contribution in [1.82, 2.24) is 0 Å². The van der Waals surface area contributed by atoms with Crippen molar-refractivity contribution in [2.45, 2.75) is 32.8 Å². The summed E-state index contributed by atoms with van der Waals surface area (Å²) in [5.74, 6) is 0.530. The number of carbonyl (C=O) groups excluding carboxylic acids is 2. The van der Waals surface area contributed by atoms with Crippen LogP contribution in [-0.4, -0.2) is 18.2 Å². The number of nitrogens with zero attached hydrogens (tertiary/aromatic N) is 1. The number of ketones is 1. The molecule has 1 atom stereocenters. The number of amides is 1. The van der Waals surface area contributed by atoms with Gasteiger partial charge in [-0.15, -0.1) is 0 Å². The zero-order valence-electron chi connectivity index (χ0n) is 15.2. The average Bonchev–Trinajstić information content (AvgIpc) is 2.64. The molecule has 0 N–H and O–H groups in total. The van der Waals surface area contributed by atoms with Crippen LogP contribution in [0.2, 0.25) is 0 Å². The Balaban J connectivity index is 2.03. The molecule has 3 rings (SSSR count). The Kier molecular flexibility index (Phi) is 5.21. The van der Waals surface area contributed by atoms with Gasteiger partial charge in [0, 0.05) is 24.1 Å². The smallest absolute Gasteiger partial charge is 0.273 e. The van der Waals surface area contributed by atoms with Crippen molar-refractivity contribution < 1.29 is 14.3 Å². The van der Waals surface area contributed by atoms with Gasteiger partial charge in [-0.25, -0.2) is 0 Å². The summed E-state index contributed by atoms with van der Waals surface area (Å²) in [6.45, 7) is 8.19. The number of fused-ring (bicyclic) bond motifs is 1. The van der Waals surface area contributed by atoms with Crippen molar-refractivity contribution in [3.05, 3.63) is 71.8 Å². The van der Waals surface area contributed by atoms with Gasteiger partial charge in [0.1, 0.15) is 5.75 Å². The lowest BCUT2D eigenvalue weighted by atomic mass is 10.0. The van der Waals surface area contributed by atoms with E-state index in [1.54, 1.807) is 23.1 Å². The molecule has 0 fully saturated rings. The summed E-state index contributed by atoms with van der Waals surface area (Å²) in [7, 11) is 0. The van der Waals surface area contributed by atoms with E-state index in [9.17, 15) is 9.59 Å². The molecule has 0 radical (unpaired) electrons. The van der Waals surface area contributed by atoms with Crippen molar-refractivity contribution in [2.24, 2.45) is 0 Å². The number of anilines is 1. The van der Waals surface area contributed by atoms with E-state index in [0.717, 1.165) is 17.6 Å². The third kappa shape index (κ3) is 3.54. The van der Waals surface area contributed by atoms with E-state index < -0.39 is 6.10 Å². The Morgan fingerprint density at radius 3 is 2.58 bits per heavy atom. The molecule has 0 saturated heterocycles. The first-order valence-electron chi connectivity index (χ1n) is 8.86. The Hall–Kier alpha value is -2.88. The van der Waals surface area contributed by atoms with Crippen molar-refractivity contribution in [1.29, 1.82) is 0 Å². The molecule has 26 heavy (non-hydrogen) atoms. The van der Waals surface area contributed by atoms with Crippen LogP contribution in [0.3, 0.4) is 0 Å². The fourth-order valence-corrected chi connectivity index (χ4v) is 3.08. The zero-order chi connectivity index (χ0) is 18.7. The number of benzene rings is 2. The van der Waals surface area contributed by atoms with Gasteiger partial charge in [0.2, 0.25) is 6.10 Å². The normalized spacial score (nSPS) is 16.0. The highest BCUT2D eigenvalue weighted by atomic mass is 16.5. The van der Waals surface area contributed by atoms with E-state index in [-0.39, 0.29) is 11.7 Å². The van der Waals surface area contributed by atoms with Gasteiger partial charge in [0.15, 0.2) is 5.78 Å². The van der Waals surface area contributed by atoms with Crippen LogP contribution < -0.4 is 9.64 Å². The largest absolute Gasteiger partial charge is 0.474 e. The van der Waals surface area contributed by atoms with Gasteiger partial charge in [0.05, 0.1) is 5.69 Å². The summed E-state index contributed by atoms with van der Waals surface area (Å²) >= 11 is 0. The quantitative estimate of drug-likeness (QED) is 0.560. The molecule has 0 spiro atoms. The standard InChI is InChI=1S/C22H23NO3/c1-4-8-19(24)17-11-12-20-18(13-17)23(14-15(2)3)22(25)21(26-20)16-9-6-5-7-10-16/h5-7,9-13,21H,2,4,8,14H2,1,3H3. The average molecular weight is 349 g/mol.